The third-order valence-corrected chi connectivity index (χ3v) is 4.11. The molecular weight excluding hydrogens is 338 g/mol. The van der Waals surface area contributed by atoms with Crippen molar-refractivity contribution in [2.45, 2.75) is 20.3 Å². The van der Waals surface area contributed by atoms with Crippen LogP contribution in [0.25, 0.3) is 0 Å². The van der Waals surface area contributed by atoms with Crippen LogP contribution < -0.4 is 0 Å². The number of oxime groups is 1. The molecule has 7 nitrogen and oxygen atoms in total. The Morgan fingerprint density at radius 1 is 1.08 bits per heavy atom. The molecule has 0 unspecified atom stereocenters. The Morgan fingerprint density at radius 2 is 1.65 bits per heavy atom. The molecule has 3 rings (SSSR count). The average Bonchev–Trinajstić information content (AvgIpc) is 2.65. The number of benzene rings is 2. The van der Waals surface area contributed by atoms with Gasteiger partial charge in [0.1, 0.15) is 11.5 Å². The van der Waals surface area contributed by atoms with Crippen LogP contribution in [0, 0.1) is 0 Å². The van der Waals surface area contributed by atoms with E-state index in [1.165, 1.54) is 19.1 Å². The largest absolute Gasteiger partial charge is 0.507 e. The van der Waals surface area contributed by atoms with Crippen LogP contribution in [-0.4, -0.2) is 33.5 Å². The lowest BCUT2D eigenvalue weighted by Gasteiger charge is -2.20. The lowest BCUT2D eigenvalue weighted by Crippen LogP contribution is -2.22. The van der Waals surface area contributed by atoms with Crippen LogP contribution in [0.2, 0.25) is 0 Å². The molecule has 0 amide bonds. The Hall–Kier alpha value is -3.48. The average molecular weight is 353 g/mol. The van der Waals surface area contributed by atoms with E-state index in [0.29, 0.717) is 0 Å². The van der Waals surface area contributed by atoms with Gasteiger partial charge in [0, 0.05) is 23.1 Å². The van der Waals surface area contributed by atoms with E-state index < -0.39 is 29.0 Å². The smallest absolute Gasteiger partial charge is 0.334 e. The quantitative estimate of drug-likeness (QED) is 0.324. The van der Waals surface area contributed by atoms with Crippen LogP contribution >= 0.6 is 0 Å². The molecule has 1 aliphatic rings. The first-order chi connectivity index (χ1) is 12.4. The molecule has 1 aliphatic carbocycles. The topological polar surface area (TPSA) is 113 Å². The molecule has 26 heavy (non-hydrogen) atoms. The van der Waals surface area contributed by atoms with Crippen molar-refractivity contribution in [1.29, 1.82) is 0 Å². The first-order valence-electron chi connectivity index (χ1n) is 7.89. The monoisotopic (exact) mass is 353 g/mol. The second-order valence-electron chi connectivity index (χ2n) is 5.74. The van der Waals surface area contributed by atoms with Gasteiger partial charge in [-0.1, -0.05) is 36.3 Å². The minimum atomic E-state index is -0.580. The van der Waals surface area contributed by atoms with Gasteiger partial charge in [0.15, 0.2) is 11.6 Å². The van der Waals surface area contributed by atoms with Crippen molar-refractivity contribution in [2.24, 2.45) is 5.16 Å². The van der Waals surface area contributed by atoms with Gasteiger partial charge >= 0.3 is 5.97 Å². The second-order valence-corrected chi connectivity index (χ2v) is 5.74. The van der Waals surface area contributed by atoms with E-state index in [0.717, 1.165) is 6.07 Å². The van der Waals surface area contributed by atoms with Gasteiger partial charge in [0.2, 0.25) is 0 Å². The minimum Gasteiger partial charge on any atom is -0.507 e. The molecule has 2 N–H and O–H groups in total. The number of carbonyl (C=O) groups is 3. The van der Waals surface area contributed by atoms with Crippen LogP contribution in [0.5, 0.6) is 11.5 Å². The van der Waals surface area contributed by atoms with Gasteiger partial charge in [-0.25, -0.2) is 4.79 Å². The lowest BCUT2D eigenvalue weighted by molar-refractivity contribution is -0.143. The molecule has 2 aromatic carbocycles. The molecule has 0 spiro atoms. The Bertz CT molecular complexity index is 990. The SMILES string of the molecule is CCC(=O)O/N=C(\C)c1cc(O)c2c(c1O)C(=O)c1ccccc1C2=O. The van der Waals surface area contributed by atoms with Crippen LogP contribution in [0.3, 0.4) is 0 Å². The number of rotatable bonds is 3. The third-order valence-electron chi connectivity index (χ3n) is 4.11. The first-order valence-corrected chi connectivity index (χ1v) is 7.89. The van der Waals surface area contributed by atoms with Gasteiger partial charge < -0.3 is 15.1 Å². The van der Waals surface area contributed by atoms with E-state index in [2.05, 4.69) is 9.99 Å². The summed E-state index contributed by atoms with van der Waals surface area (Å²) in [7, 11) is 0. The molecule has 0 aliphatic heterocycles. The molecule has 2 aromatic rings. The fourth-order valence-corrected chi connectivity index (χ4v) is 2.77. The van der Waals surface area contributed by atoms with Crippen molar-refractivity contribution in [2.75, 3.05) is 0 Å². The summed E-state index contributed by atoms with van der Waals surface area (Å²) in [6.45, 7) is 3.03. The molecule has 0 radical (unpaired) electrons. The van der Waals surface area contributed by atoms with Crippen molar-refractivity contribution in [1.82, 2.24) is 0 Å². The van der Waals surface area contributed by atoms with Crippen LogP contribution in [-0.2, 0) is 9.63 Å². The molecule has 0 atom stereocenters. The number of nitrogens with zero attached hydrogens (tertiary/aromatic N) is 1. The van der Waals surface area contributed by atoms with E-state index in [4.69, 9.17) is 0 Å². The number of fused-ring (bicyclic) bond motifs is 2. The Labute approximate surface area is 148 Å². The van der Waals surface area contributed by atoms with E-state index in [-0.39, 0.29) is 39.9 Å². The third kappa shape index (κ3) is 2.63. The number of aromatic hydroxyl groups is 2. The predicted molar refractivity (Wildman–Crippen MR) is 91.7 cm³/mol. The lowest BCUT2D eigenvalue weighted by atomic mass is 9.81. The van der Waals surface area contributed by atoms with Crippen LogP contribution in [0.15, 0.2) is 35.5 Å². The number of carbonyl (C=O) groups excluding carboxylic acids is 3. The normalized spacial score (nSPS) is 13.2. The molecule has 7 heteroatoms. The number of hydrogen-bond donors (Lipinski definition) is 2. The molecule has 0 aromatic heterocycles. The van der Waals surface area contributed by atoms with Crippen molar-refractivity contribution >= 4 is 23.2 Å². The maximum absolute atomic E-state index is 12.8. The summed E-state index contributed by atoms with van der Waals surface area (Å²) in [5.41, 5.74) is -0.181. The minimum absolute atomic E-state index is 0.00863. The van der Waals surface area contributed by atoms with E-state index in [1.807, 2.05) is 0 Å². The maximum Gasteiger partial charge on any atom is 0.334 e. The zero-order chi connectivity index (χ0) is 19.0. The highest BCUT2D eigenvalue weighted by atomic mass is 16.7. The highest BCUT2D eigenvalue weighted by molar-refractivity contribution is 6.31. The number of hydrogen-bond acceptors (Lipinski definition) is 7. The summed E-state index contributed by atoms with van der Waals surface area (Å²) in [6, 6.07) is 7.29. The zero-order valence-corrected chi connectivity index (χ0v) is 14.1. The standard InChI is InChI=1S/C19H15NO6/c1-3-14(22)26-20-9(2)12-8-13(21)15-16(19(12)25)18(24)11-7-5-4-6-10(11)17(15)23/h4-8,21,25H,3H2,1-2H3/b20-9+. The van der Waals surface area contributed by atoms with Gasteiger partial charge in [0.25, 0.3) is 0 Å². The van der Waals surface area contributed by atoms with Gasteiger partial charge in [-0.15, -0.1) is 0 Å². The summed E-state index contributed by atoms with van der Waals surface area (Å²) >= 11 is 0. The molecule has 0 saturated heterocycles. The van der Waals surface area contributed by atoms with E-state index in [9.17, 15) is 24.6 Å². The fraction of sp³-hybridized carbons (Fsp3) is 0.158. The molecular formula is C19H15NO6. The maximum atomic E-state index is 12.8. The van der Waals surface area contributed by atoms with Gasteiger partial charge in [-0.2, -0.15) is 0 Å². The molecule has 0 bridgehead atoms. The van der Waals surface area contributed by atoms with Gasteiger partial charge in [0.05, 0.1) is 16.8 Å². The zero-order valence-electron chi connectivity index (χ0n) is 14.1. The van der Waals surface area contributed by atoms with Crippen molar-refractivity contribution in [3.8, 4) is 11.5 Å². The van der Waals surface area contributed by atoms with E-state index >= 15 is 0 Å². The van der Waals surface area contributed by atoms with Crippen molar-refractivity contribution in [3.63, 3.8) is 0 Å². The molecule has 132 valence electrons. The molecule has 0 saturated carbocycles. The summed E-state index contributed by atoms with van der Waals surface area (Å²) in [5, 5.41) is 24.5. The Morgan fingerprint density at radius 3 is 2.23 bits per heavy atom. The van der Waals surface area contributed by atoms with Gasteiger partial charge in [-0.3, -0.25) is 9.59 Å². The van der Waals surface area contributed by atoms with Crippen LogP contribution in [0.4, 0.5) is 0 Å². The second kappa shape index (κ2) is 6.44. The van der Waals surface area contributed by atoms with Crippen molar-refractivity contribution in [3.05, 3.63) is 58.1 Å². The predicted octanol–water partition coefficient (Wildman–Crippen LogP) is 2.55. The summed E-state index contributed by atoms with van der Waals surface area (Å²) in [5.74, 6) is -2.67. The van der Waals surface area contributed by atoms with Gasteiger partial charge in [-0.05, 0) is 13.0 Å². The summed E-state index contributed by atoms with van der Waals surface area (Å²) < 4.78 is 0. The summed E-state index contributed by atoms with van der Waals surface area (Å²) in [4.78, 5) is 41.3. The highest BCUT2D eigenvalue weighted by Gasteiger charge is 2.35. The fourth-order valence-electron chi connectivity index (χ4n) is 2.77. The Kier molecular flexibility index (Phi) is 4.29. The Balaban J connectivity index is 2.17. The number of ketones is 2. The number of phenols is 2. The highest BCUT2D eigenvalue weighted by Crippen LogP contribution is 2.40. The van der Waals surface area contributed by atoms with Crippen LogP contribution in [0.1, 0.15) is 57.7 Å². The molecule has 0 fully saturated rings. The van der Waals surface area contributed by atoms with Crippen molar-refractivity contribution < 1.29 is 29.4 Å². The first kappa shape index (κ1) is 17.3. The van der Waals surface area contributed by atoms with E-state index in [1.54, 1.807) is 19.1 Å². The molecule has 0 heterocycles. The number of phenolic OH excluding ortho intramolecular Hbond substituents is 2. The summed E-state index contributed by atoms with van der Waals surface area (Å²) in [6.07, 6.45) is 0.113.